The van der Waals surface area contributed by atoms with E-state index in [9.17, 15) is 9.18 Å². The largest absolute Gasteiger partial charge is 0.370 e. The van der Waals surface area contributed by atoms with Crippen molar-refractivity contribution in [3.63, 3.8) is 0 Å². The van der Waals surface area contributed by atoms with Gasteiger partial charge in [-0.3, -0.25) is 9.69 Å². The van der Waals surface area contributed by atoms with Gasteiger partial charge in [0.1, 0.15) is 5.82 Å². The van der Waals surface area contributed by atoms with Gasteiger partial charge in [0.2, 0.25) is 5.91 Å². The van der Waals surface area contributed by atoms with Crippen molar-refractivity contribution in [2.75, 3.05) is 13.1 Å². The van der Waals surface area contributed by atoms with Crippen molar-refractivity contribution in [1.82, 2.24) is 4.90 Å². The molecule has 1 saturated heterocycles. The van der Waals surface area contributed by atoms with Crippen molar-refractivity contribution >= 4 is 5.91 Å². The standard InChI is InChI=1S/C14H19FN2O/c15-13-4-2-1-3-12(13)10-17-7-5-11(6-8-17)9-14(16)18/h1-4,11H,5-10H2,(H2,16,18). The highest BCUT2D eigenvalue weighted by Gasteiger charge is 2.21. The van der Waals surface area contributed by atoms with Crippen LogP contribution in [0.1, 0.15) is 24.8 Å². The molecule has 98 valence electrons. The van der Waals surface area contributed by atoms with E-state index in [4.69, 9.17) is 5.73 Å². The topological polar surface area (TPSA) is 46.3 Å². The third-order valence-electron chi connectivity index (χ3n) is 3.55. The van der Waals surface area contributed by atoms with Crippen LogP contribution in [0.15, 0.2) is 24.3 Å². The number of likely N-dealkylation sites (tertiary alicyclic amines) is 1. The number of hydrogen-bond donors (Lipinski definition) is 1. The molecular weight excluding hydrogens is 231 g/mol. The maximum Gasteiger partial charge on any atom is 0.217 e. The number of halogens is 1. The number of carbonyl (C=O) groups is 1. The molecule has 2 rings (SSSR count). The molecule has 1 aliphatic heterocycles. The van der Waals surface area contributed by atoms with E-state index >= 15 is 0 Å². The van der Waals surface area contributed by atoms with E-state index in [1.54, 1.807) is 6.07 Å². The lowest BCUT2D eigenvalue weighted by Crippen LogP contribution is -2.34. The van der Waals surface area contributed by atoms with Crippen molar-refractivity contribution in [2.24, 2.45) is 11.7 Å². The van der Waals surface area contributed by atoms with Crippen molar-refractivity contribution in [3.8, 4) is 0 Å². The lowest BCUT2D eigenvalue weighted by atomic mass is 9.93. The van der Waals surface area contributed by atoms with Gasteiger partial charge in [0.15, 0.2) is 0 Å². The Balaban J connectivity index is 1.84. The van der Waals surface area contributed by atoms with Gasteiger partial charge in [-0.2, -0.15) is 0 Å². The van der Waals surface area contributed by atoms with Crippen LogP contribution in [0.5, 0.6) is 0 Å². The molecule has 0 spiro atoms. The molecule has 1 aliphatic rings. The summed E-state index contributed by atoms with van der Waals surface area (Å²) in [5, 5.41) is 0. The van der Waals surface area contributed by atoms with Crippen LogP contribution in [0.3, 0.4) is 0 Å². The fourth-order valence-corrected chi connectivity index (χ4v) is 2.50. The molecule has 1 fully saturated rings. The summed E-state index contributed by atoms with van der Waals surface area (Å²) in [4.78, 5) is 13.1. The van der Waals surface area contributed by atoms with Crippen LogP contribution in [0.25, 0.3) is 0 Å². The second-order valence-corrected chi connectivity index (χ2v) is 4.98. The first-order valence-corrected chi connectivity index (χ1v) is 6.39. The molecule has 1 amide bonds. The maximum atomic E-state index is 13.5. The smallest absolute Gasteiger partial charge is 0.217 e. The monoisotopic (exact) mass is 250 g/mol. The van der Waals surface area contributed by atoms with E-state index in [0.717, 1.165) is 31.5 Å². The molecule has 0 unspecified atom stereocenters. The number of carbonyl (C=O) groups excluding carboxylic acids is 1. The van der Waals surface area contributed by atoms with Crippen molar-refractivity contribution in [2.45, 2.75) is 25.8 Å². The molecule has 0 radical (unpaired) electrons. The summed E-state index contributed by atoms with van der Waals surface area (Å²) < 4.78 is 13.5. The van der Waals surface area contributed by atoms with Crippen LogP contribution in [0, 0.1) is 11.7 Å². The fraction of sp³-hybridized carbons (Fsp3) is 0.500. The number of amides is 1. The predicted molar refractivity (Wildman–Crippen MR) is 68.2 cm³/mol. The van der Waals surface area contributed by atoms with Gasteiger partial charge in [0.05, 0.1) is 0 Å². The first-order chi connectivity index (χ1) is 8.65. The number of rotatable bonds is 4. The zero-order chi connectivity index (χ0) is 13.0. The van der Waals surface area contributed by atoms with Crippen molar-refractivity contribution in [1.29, 1.82) is 0 Å². The third kappa shape index (κ3) is 3.53. The van der Waals surface area contributed by atoms with Crippen LogP contribution in [0.4, 0.5) is 4.39 Å². The van der Waals surface area contributed by atoms with Crippen LogP contribution >= 0.6 is 0 Å². The normalized spacial score (nSPS) is 17.8. The summed E-state index contributed by atoms with van der Waals surface area (Å²) in [5.74, 6) is 0.0404. The molecule has 1 aromatic carbocycles. The summed E-state index contributed by atoms with van der Waals surface area (Å²) in [6.07, 6.45) is 2.42. The van der Waals surface area contributed by atoms with Gasteiger partial charge in [0, 0.05) is 18.5 Å². The highest BCUT2D eigenvalue weighted by Crippen LogP contribution is 2.22. The molecule has 3 nitrogen and oxygen atoms in total. The minimum absolute atomic E-state index is 0.142. The van der Waals surface area contributed by atoms with E-state index in [1.165, 1.54) is 6.07 Å². The molecule has 1 aromatic rings. The van der Waals surface area contributed by atoms with Gasteiger partial charge in [0.25, 0.3) is 0 Å². The van der Waals surface area contributed by atoms with Gasteiger partial charge < -0.3 is 5.73 Å². The van der Waals surface area contributed by atoms with Crippen molar-refractivity contribution < 1.29 is 9.18 Å². The molecule has 0 saturated carbocycles. The summed E-state index contributed by atoms with van der Waals surface area (Å²) >= 11 is 0. The Labute approximate surface area is 107 Å². The summed E-state index contributed by atoms with van der Waals surface area (Å²) in [5.41, 5.74) is 5.94. The zero-order valence-electron chi connectivity index (χ0n) is 10.4. The van der Waals surface area contributed by atoms with E-state index < -0.39 is 0 Å². The summed E-state index contributed by atoms with van der Waals surface area (Å²) in [7, 11) is 0. The maximum absolute atomic E-state index is 13.5. The van der Waals surface area contributed by atoms with Gasteiger partial charge in [-0.1, -0.05) is 18.2 Å². The predicted octanol–water partition coefficient (Wildman–Crippen LogP) is 1.91. The third-order valence-corrected chi connectivity index (χ3v) is 3.55. The van der Waals surface area contributed by atoms with Crippen LogP contribution in [0.2, 0.25) is 0 Å². The first kappa shape index (κ1) is 13.0. The van der Waals surface area contributed by atoms with Gasteiger partial charge in [-0.25, -0.2) is 4.39 Å². The second-order valence-electron chi connectivity index (χ2n) is 4.98. The molecule has 18 heavy (non-hydrogen) atoms. The van der Waals surface area contributed by atoms with E-state index in [2.05, 4.69) is 4.90 Å². The zero-order valence-corrected chi connectivity index (χ0v) is 10.4. The second kappa shape index (κ2) is 5.96. The minimum atomic E-state index is -0.220. The Morgan fingerprint density at radius 3 is 2.61 bits per heavy atom. The average Bonchev–Trinajstić information content (AvgIpc) is 2.34. The lowest BCUT2D eigenvalue weighted by Gasteiger charge is -2.31. The fourth-order valence-electron chi connectivity index (χ4n) is 2.50. The Hall–Kier alpha value is -1.42. The molecule has 0 aromatic heterocycles. The first-order valence-electron chi connectivity index (χ1n) is 6.39. The minimum Gasteiger partial charge on any atom is -0.370 e. The van der Waals surface area contributed by atoms with E-state index in [-0.39, 0.29) is 11.7 Å². The van der Waals surface area contributed by atoms with Gasteiger partial charge in [-0.05, 0) is 37.9 Å². The number of primary amides is 1. The number of piperidine rings is 1. The molecule has 0 aliphatic carbocycles. The Bertz CT molecular complexity index is 414. The summed E-state index contributed by atoms with van der Waals surface area (Å²) in [6, 6.07) is 6.89. The number of nitrogens with two attached hydrogens (primary N) is 1. The lowest BCUT2D eigenvalue weighted by molar-refractivity contribution is -0.119. The number of benzene rings is 1. The number of nitrogens with zero attached hydrogens (tertiary/aromatic N) is 1. The van der Waals surface area contributed by atoms with E-state index in [1.807, 2.05) is 12.1 Å². The molecule has 2 N–H and O–H groups in total. The van der Waals surface area contributed by atoms with Crippen LogP contribution < -0.4 is 5.73 Å². The Kier molecular flexibility index (Phi) is 4.31. The number of hydrogen-bond acceptors (Lipinski definition) is 2. The molecule has 4 heteroatoms. The SMILES string of the molecule is NC(=O)CC1CCN(Cc2ccccc2F)CC1. The van der Waals surface area contributed by atoms with Gasteiger partial charge >= 0.3 is 0 Å². The molecule has 1 heterocycles. The highest BCUT2D eigenvalue weighted by atomic mass is 19.1. The molecular formula is C14H19FN2O. The van der Waals surface area contributed by atoms with Gasteiger partial charge in [-0.15, -0.1) is 0 Å². The van der Waals surface area contributed by atoms with E-state index in [0.29, 0.717) is 18.9 Å². The Morgan fingerprint density at radius 2 is 2.00 bits per heavy atom. The average molecular weight is 250 g/mol. The quantitative estimate of drug-likeness (QED) is 0.887. The van der Waals surface area contributed by atoms with Crippen LogP contribution in [-0.2, 0) is 11.3 Å². The molecule has 0 bridgehead atoms. The summed E-state index contributed by atoms with van der Waals surface area (Å²) in [6.45, 7) is 2.47. The highest BCUT2D eigenvalue weighted by molar-refractivity contribution is 5.73. The Morgan fingerprint density at radius 1 is 1.33 bits per heavy atom. The molecule has 0 atom stereocenters. The van der Waals surface area contributed by atoms with Crippen LogP contribution in [-0.4, -0.2) is 23.9 Å². The van der Waals surface area contributed by atoms with Crippen molar-refractivity contribution in [3.05, 3.63) is 35.6 Å².